The first kappa shape index (κ1) is 10.9. The molecule has 0 bridgehead atoms. The Morgan fingerprint density at radius 1 is 1.44 bits per heavy atom. The minimum absolute atomic E-state index is 0.0653. The molecule has 0 fully saturated rings. The predicted octanol–water partition coefficient (Wildman–Crippen LogP) is 1.90. The summed E-state index contributed by atoms with van der Waals surface area (Å²) in [7, 11) is 0. The summed E-state index contributed by atoms with van der Waals surface area (Å²) in [4.78, 5) is 21.8. The van der Waals surface area contributed by atoms with Gasteiger partial charge in [-0.3, -0.25) is 0 Å². The largest absolute Gasteiger partial charge is 0.478 e. The first-order chi connectivity index (χ1) is 7.63. The molecular weight excluding hydrogens is 321 g/mol. The zero-order chi connectivity index (χ0) is 11.7. The topological polar surface area (TPSA) is 66.4 Å². The van der Waals surface area contributed by atoms with Crippen LogP contribution in [0, 0.1) is 3.57 Å². The van der Waals surface area contributed by atoms with E-state index in [0.717, 1.165) is 3.57 Å². The molecule has 0 radical (unpaired) electrons. The van der Waals surface area contributed by atoms with Gasteiger partial charge >= 0.3 is 5.97 Å². The molecule has 1 aliphatic heterocycles. The molecule has 0 aromatic heterocycles. The molecule has 0 aliphatic carbocycles. The Morgan fingerprint density at radius 2 is 2.19 bits per heavy atom. The fraction of sp³-hybridized carbons (Fsp3) is 0. The molecule has 0 amide bonds. The lowest BCUT2D eigenvalue weighted by Gasteiger charge is -2.17. The van der Waals surface area contributed by atoms with E-state index in [1.165, 1.54) is 6.20 Å². The Kier molecular flexibility index (Phi) is 2.80. The lowest BCUT2D eigenvalue weighted by atomic mass is 9.96. The summed E-state index contributed by atoms with van der Waals surface area (Å²) in [5, 5.41) is 11.8. The van der Waals surface area contributed by atoms with Crippen molar-refractivity contribution in [3.05, 3.63) is 39.1 Å². The van der Waals surface area contributed by atoms with E-state index in [9.17, 15) is 9.59 Å². The normalized spacial score (nSPS) is 13.3. The third-order valence-electron chi connectivity index (χ3n) is 2.22. The van der Waals surface area contributed by atoms with Gasteiger partial charge in [-0.05, 0) is 40.8 Å². The van der Waals surface area contributed by atoms with E-state index in [0.29, 0.717) is 11.3 Å². The fourth-order valence-corrected chi connectivity index (χ4v) is 1.99. The average Bonchev–Trinajstić information content (AvgIpc) is 2.27. The number of nitrogens with one attached hydrogen (secondary N) is 1. The van der Waals surface area contributed by atoms with Gasteiger partial charge in [0.15, 0.2) is 0 Å². The van der Waals surface area contributed by atoms with E-state index in [-0.39, 0.29) is 11.1 Å². The molecule has 0 spiro atoms. The van der Waals surface area contributed by atoms with Gasteiger partial charge in [-0.1, -0.05) is 0 Å². The van der Waals surface area contributed by atoms with Crippen LogP contribution in [-0.4, -0.2) is 17.0 Å². The summed E-state index contributed by atoms with van der Waals surface area (Å²) in [6.45, 7) is 0. The number of aliphatic carboxylic acids is 1. The van der Waals surface area contributed by atoms with Crippen LogP contribution in [0.1, 0.15) is 5.56 Å². The molecule has 1 aromatic rings. The van der Waals surface area contributed by atoms with Gasteiger partial charge in [0.05, 0.1) is 11.1 Å². The molecule has 0 saturated carbocycles. The van der Waals surface area contributed by atoms with Crippen molar-refractivity contribution in [3.63, 3.8) is 0 Å². The van der Waals surface area contributed by atoms with Gasteiger partial charge in [0, 0.05) is 21.0 Å². The maximum Gasteiger partial charge on any atom is 0.338 e. The smallest absolute Gasteiger partial charge is 0.338 e. The lowest BCUT2D eigenvalue weighted by molar-refractivity contribution is -0.132. The van der Waals surface area contributed by atoms with Gasteiger partial charge in [0.25, 0.3) is 0 Å². The summed E-state index contributed by atoms with van der Waals surface area (Å²) in [5.74, 6) is 0.550. The molecule has 0 unspecified atom stereocenters. The first-order valence-corrected chi connectivity index (χ1v) is 5.46. The summed E-state index contributed by atoms with van der Waals surface area (Å²) >= 11 is 2.10. The molecule has 80 valence electrons. The van der Waals surface area contributed by atoms with Crippen LogP contribution in [0.3, 0.4) is 0 Å². The first-order valence-electron chi connectivity index (χ1n) is 4.39. The van der Waals surface area contributed by atoms with Gasteiger partial charge in [-0.2, -0.15) is 0 Å². The number of carbonyl (C=O) groups is 1. The van der Waals surface area contributed by atoms with Crippen LogP contribution in [-0.2, 0) is 9.59 Å². The van der Waals surface area contributed by atoms with Crippen LogP contribution in [0.25, 0.3) is 5.57 Å². The number of hydrogen-bond donors (Lipinski definition) is 2. The number of fused-ring (bicyclic) bond motifs is 1. The van der Waals surface area contributed by atoms with Crippen LogP contribution in [0.5, 0.6) is 0 Å². The number of carboxylic acid groups (broad SMARTS) is 1. The van der Waals surface area contributed by atoms with Crippen LogP contribution in [0.2, 0.25) is 0 Å². The summed E-state index contributed by atoms with van der Waals surface area (Å²) in [6.07, 6.45) is 1.30. The van der Waals surface area contributed by atoms with Crippen molar-refractivity contribution >= 4 is 45.8 Å². The highest BCUT2D eigenvalue weighted by atomic mass is 127. The third kappa shape index (κ3) is 1.75. The second-order valence-corrected chi connectivity index (χ2v) is 4.42. The number of carbonyl (C=O) groups excluding carboxylic acids is 1. The zero-order valence-electron chi connectivity index (χ0n) is 7.95. The lowest BCUT2D eigenvalue weighted by Crippen LogP contribution is -2.12. The number of hydrogen-bond acceptors (Lipinski definition) is 3. The second-order valence-electron chi connectivity index (χ2n) is 3.17. The molecule has 2 rings (SSSR count). The van der Waals surface area contributed by atoms with Crippen molar-refractivity contribution in [1.82, 2.24) is 0 Å². The van der Waals surface area contributed by atoms with E-state index in [2.05, 4.69) is 27.9 Å². The molecule has 2 N–H and O–H groups in total. The molecule has 5 heteroatoms. The van der Waals surface area contributed by atoms with Crippen molar-refractivity contribution in [2.24, 2.45) is 0 Å². The standard InChI is InChI=1S/C11H6INO3/c12-6-1-2-10-7(3-6)9(5-14)8(4-13-10)11(15)16/h1-4,13H,(H,15,16). The maximum atomic E-state index is 10.9. The quantitative estimate of drug-likeness (QED) is 0.611. The highest BCUT2D eigenvalue weighted by Gasteiger charge is 2.23. The van der Waals surface area contributed by atoms with E-state index in [1.54, 1.807) is 18.1 Å². The Balaban J connectivity index is 2.64. The Morgan fingerprint density at radius 3 is 2.81 bits per heavy atom. The minimum atomic E-state index is -1.14. The van der Waals surface area contributed by atoms with Gasteiger partial charge < -0.3 is 10.4 Å². The average molecular weight is 327 g/mol. The summed E-state index contributed by atoms with van der Waals surface area (Å²) in [6, 6.07) is 5.41. The van der Waals surface area contributed by atoms with Gasteiger partial charge in [0.1, 0.15) is 5.94 Å². The molecule has 0 saturated heterocycles. The van der Waals surface area contributed by atoms with Crippen molar-refractivity contribution < 1.29 is 14.7 Å². The second kappa shape index (κ2) is 4.11. The molecule has 4 nitrogen and oxygen atoms in total. The van der Waals surface area contributed by atoms with E-state index in [1.807, 2.05) is 6.07 Å². The number of halogens is 1. The highest BCUT2D eigenvalue weighted by molar-refractivity contribution is 14.1. The molecule has 1 aromatic carbocycles. The van der Waals surface area contributed by atoms with Crippen LogP contribution < -0.4 is 5.32 Å². The monoisotopic (exact) mass is 327 g/mol. The number of benzene rings is 1. The van der Waals surface area contributed by atoms with Gasteiger partial charge in [0.2, 0.25) is 0 Å². The van der Waals surface area contributed by atoms with E-state index >= 15 is 0 Å². The maximum absolute atomic E-state index is 10.9. The molecule has 16 heavy (non-hydrogen) atoms. The van der Waals surface area contributed by atoms with Crippen molar-refractivity contribution in [1.29, 1.82) is 0 Å². The number of rotatable bonds is 1. The fourth-order valence-electron chi connectivity index (χ4n) is 1.49. The van der Waals surface area contributed by atoms with Crippen LogP contribution in [0.15, 0.2) is 30.0 Å². The molecule has 1 heterocycles. The highest BCUT2D eigenvalue weighted by Crippen LogP contribution is 2.32. The van der Waals surface area contributed by atoms with Crippen molar-refractivity contribution in [3.8, 4) is 0 Å². The zero-order valence-corrected chi connectivity index (χ0v) is 10.1. The minimum Gasteiger partial charge on any atom is -0.478 e. The number of carboxylic acids is 1. The van der Waals surface area contributed by atoms with Crippen LogP contribution in [0.4, 0.5) is 5.69 Å². The Hall–Kier alpha value is -1.59. The Bertz CT molecular complexity index is 556. The summed E-state index contributed by atoms with van der Waals surface area (Å²) in [5.41, 5.74) is 1.30. The number of anilines is 1. The van der Waals surface area contributed by atoms with Crippen LogP contribution >= 0.6 is 22.6 Å². The summed E-state index contributed by atoms with van der Waals surface area (Å²) < 4.78 is 0.928. The molecule has 1 aliphatic rings. The molecular formula is C11H6INO3. The van der Waals surface area contributed by atoms with Gasteiger partial charge in [-0.25, -0.2) is 9.59 Å². The van der Waals surface area contributed by atoms with Crippen molar-refractivity contribution in [2.75, 3.05) is 5.32 Å². The van der Waals surface area contributed by atoms with E-state index in [4.69, 9.17) is 5.11 Å². The van der Waals surface area contributed by atoms with Crippen molar-refractivity contribution in [2.45, 2.75) is 0 Å². The predicted molar refractivity (Wildman–Crippen MR) is 67.6 cm³/mol. The Labute approximate surface area is 105 Å². The van der Waals surface area contributed by atoms with E-state index < -0.39 is 5.97 Å². The van der Waals surface area contributed by atoms with Gasteiger partial charge in [-0.15, -0.1) is 0 Å². The SMILES string of the molecule is O=C=C1C(C(=O)O)=CNc2ccc(I)cc21. The third-order valence-corrected chi connectivity index (χ3v) is 2.90. The molecule has 0 atom stereocenters.